The first-order chi connectivity index (χ1) is 11.5. The number of carbonyl (C=O) groups is 1. The monoisotopic (exact) mass is 333 g/mol. The van der Waals surface area contributed by atoms with Gasteiger partial charge in [0.1, 0.15) is 17.7 Å². The Labute approximate surface area is 138 Å². The number of halogens is 2. The van der Waals surface area contributed by atoms with E-state index in [4.69, 9.17) is 9.47 Å². The topological polar surface area (TPSA) is 38.8 Å². The molecule has 2 aromatic rings. The second-order valence-corrected chi connectivity index (χ2v) is 5.74. The molecule has 1 aliphatic heterocycles. The summed E-state index contributed by atoms with van der Waals surface area (Å²) in [5.74, 6) is -0.592. The summed E-state index contributed by atoms with van der Waals surface area (Å²) in [5, 5.41) is 0. The molecular weight excluding hydrogens is 316 g/mol. The van der Waals surface area contributed by atoms with Gasteiger partial charge < -0.3 is 14.4 Å². The van der Waals surface area contributed by atoms with Gasteiger partial charge in [0.25, 0.3) is 5.91 Å². The van der Waals surface area contributed by atoms with Gasteiger partial charge in [-0.1, -0.05) is 18.2 Å². The van der Waals surface area contributed by atoms with E-state index in [2.05, 4.69) is 0 Å². The van der Waals surface area contributed by atoms with Gasteiger partial charge in [-0.15, -0.1) is 0 Å². The third-order valence-corrected chi connectivity index (χ3v) is 3.88. The van der Waals surface area contributed by atoms with E-state index in [0.717, 1.165) is 12.1 Å². The largest absolute Gasteiger partial charge is 0.482 e. The third-order valence-electron chi connectivity index (χ3n) is 3.88. The highest BCUT2D eigenvalue weighted by Crippen LogP contribution is 2.33. The third kappa shape index (κ3) is 3.18. The molecule has 24 heavy (non-hydrogen) atoms. The van der Waals surface area contributed by atoms with Gasteiger partial charge in [0.2, 0.25) is 6.10 Å². The highest BCUT2D eigenvalue weighted by molar-refractivity contribution is 5.82. The molecule has 126 valence electrons. The Morgan fingerprint density at radius 3 is 2.46 bits per heavy atom. The fraction of sp³-hybridized carbons (Fsp3) is 0.278. The van der Waals surface area contributed by atoms with E-state index < -0.39 is 23.8 Å². The van der Waals surface area contributed by atoms with Crippen molar-refractivity contribution in [1.82, 2.24) is 4.90 Å². The molecule has 6 heteroatoms. The molecule has 0 fully saturated rings. The van der Waals surface area contributed by atoms with Crippen molar-refractivity contribution in [2.75, 3.05) is 7.05 Å². The lowest BCUT2D eigenvalue weighted by molar-refractivity contribution is -0.143. The molecular formula is C18H17F2NO3. The van der Waals surface area contributed by atoms with Gasteiger partial charge in [-0.2, -0.15) is 0 Å². The van der Waals surface area contributed by atoms with Gasteiger partial charge in [-0.25, -0.2) is 8.78 Å². The zero-order valence-corrected chi connectivity index (χ0v) is 13.3. The van der Waals surface area contributed by atoms with Crippen molar-refractivity contribution in [3.63, 3.8) is 0 Å². The van der Waals surface area contributed by atoms with Crippen LogP contribution in [0.25, 0.3) is 0 Å². The van der Waals surface area contributed by atoms with Crippen LogP contribution in [-0.2, 0) is 11.3 Å². The van der Waals surface area contributed by atoms with Crippen molar-refractivity contribution in [3.8, 4) is 11.5 Å². The van der Waals surface area contributed by atoms with Crippen molar-refractivity contribution < 1.29 is 23.0 Å². The van der Waals surface area contributed by atoms with Crippen LogP contribution in [0.3, 0.4) is 0 Å². The number of benzene rings is 2. The first-order valence-corrected chi connectivity index (χ1v) is 7.57. The van der Waals surface area contributed by atoms with Gasteiger partial charge >= 0.3 is 0 Å². The zero-order valence-electron chi connectivity index (χ0n) is 13.3. The van der Waals surface area contributed by atoms with E-state index in [1.54, 1.807) is 32.2 Å². The van der Waals surface area contributed by atoms with Crippen molar-refractivity contribution in [3.05, 3.63) is 59.7 Å². The van der Waals surface area contributed by atoms with Gasteiger partial charge in [0.15, 0.2) is 11.5 Å². The molecule has 3 rings (SSSR count). The minimum atomic E-state index is -0.826. The standard InChI is InChI=1S/C18H17F2NO3/c1-11-17(24-16-6-4-3-5-15(16)23-11)18(22)21(2)10-12-7-8-13(19)9-14(12)20/h3-9,11,17H,10H2,1-2H3. The minimum absolute atomic E-state index is 0.0131. The molecule has 2 aromatic carbocycles. The van der Waals surface area contributed by atoms with Gasteiger partial charge in [0.05, 0.1) is 0 Å². The number of amides is 1. The predicted octanol–water partition coefficient (Wildman–Crippen LogP) is 3.15. The summed E-state index contributed by atoms with van der Waals surface area (Å²) >= 11 is 0. The Morgan fingerprint density at radius 2 is 1.79 bits per heavy atom. The summed E-state index contributed by atoms with van der Waals surface area (Å²) in [6, 6.07) is 10.4. The Hall–Kier alpha value is -2.63. The summed E-state index contributed by atoms with van der Waals surface area (Å²) in [7, 11) is 1.54. The van der Waals surface area contributed by atoms with Crippen LogP contribution in [0.5, 0.6) is 11.5 Å². The maximum absolute atomic E-state index is 13.8. The molecule has 0 spiro atoms. The Balaban J connectivity index is 1.74. The summed E-state index contributed by atoms with van der Waals surface area (Å²) in [6.07, 6.45) is -1.30. The van der Waals surface area contributed by atoms with Crippen molar-refractivity contribution in [2.24, 2.45) is 0 Å². The normalized spacial score (nSPS) is 19.0. The predicted molar refractivity (Wildman–Crippen MR) is 83.8 cm³/mol. The summed E-state index contributed by atoms with van der Waals surface area (Å²) in [4.78, 5) is 14.0. The fourth-order valence-electron chi connectivity index (χ4n) is 2.59. The number of hydrogen-bond donors (Lipinski definition) is 0. The van der Waals surface area contributed by atoms with Gasteiger partial charge in [-0.3, -0.25) is 4.79 Å². The number of nitrogens with zero attached hydrogens (tertiary/aromatic N) is 1. The highest BCUT2D eigenvalue weighted by atomic mass is 19.1. The number of ether oxygens (including phenoxy) is 2. The van der Waals surface area contributed by atoms with Crippen LogP contribution >= 0.6 is 0 Å². The van der Waals surface area contributed by atoms with E-state index in [-0.39, 0.29) is 18.0 Å². The van der Waals surface area contributed by atoms with Crippen LogP contribution in [0.1, 0.15) is 12.5 Å². The number of hydrogen-bond acceptors (Lipinski definition) is 3. The van der Waals surface area contributed by atoms with Crippen molar-refractivity contribution in [1.29, 1.82) is 0 Å². The second kappa shape index (κ2) is 6.47. The molecule has 0 aromatic heterocycles. The van der Waals surface area contributed by atoms with E-state index in [9.17, 15) is 13.6 Å². The lowest BCUT2D eigenvalue weighted by Crippen LogP contribution is -2.49. The van der Waals surface area contributed by atoms with Crippen LogP contribution in [0.15, 0.2) is 42.5 Å². The number of fused-ring (bicyclic) bond motifs is 1. The van der Waals surface area contributed by atoms with E-state index in [0.29, 0.717) is 11.5 Å². The molecule has 4 nitrogen and oxygen atoms in total. The molecule has 0 saturated carbocycles. The second-order valence-electron chi connectivity index (χ2n) is 5.74. The summed E-state index contributed by atoms with van der Waals surface area (Å²) in [5.41, 5.74) is 0.233. The lowest BCUT2D eigenvalue weighted by Gasteiger charge is -2.33. The minimum Gasteiger partial charge on any atom is -0.482 e. The van der Waals surface area contributed by atoms with Crippen LogP contribution in [0.2, 0.25) is 0 Å². The van der Waals surface area contributed by atoms with Crippen molar-refractivity contribution >= 4 is 5.91 Å². The Kier molecular flexibility index (Phi) is 4.38. The zero-order chi connectivity index (χ0) is 17.3. The molecule has 0 bridgehead atoms. The maximum Gasteiger partial charge on any atom is 0.267 e. The number of rotatable bonds is 3. The average Bonchev–Trinajstić information content (AvgIpc) is 2.56. The summed E-state index contributed by atoms with van der Waals surface area (Å²) in [6.45, 7) is 1.75. The molecule has 1 amide bonds. The number of carbonyl (C=O) groups excluding carboxylic acids is 1. The molecule has 0 aliphatic carbocycles. The molecule has 0 saturated heterocycles. The van der Waals surface area contributed by atoms with Gasteiger partial charge in [0, 0.05) is 25.2 Å². The fourth-order valence-corrected chi connectivity index (χ4v) is 2.59. The molecule has 0 N–H and O–H groups in total. The van der Waals surface area contributed by atoms with Crippen LogP contribution < -0.4 is 9.47 Å². The Bertz CT molecular complexity index is 766. The molecule has 2 unspecified atom stereocenters. The van der Waals surface area contributed by atoms with Crippen molar-refractivity contribution in [2.45, 2.75) is 25.7 Å². The van der Waals surface area contributed by atoms with Gasteiger partial charge in [-0.05, 0) is 25.1 Å². The van der Waals surface area contributed by atoms with E-state index in [1.807, 2.05) is 6.07 Å². The maximum atomic E-state index is 13.8. The number of likely N-dealkylation sites (N-methyl/N-ethyl adjacent to an activating group) is 1. The van der Waals surface area contributed by atoms with E-state index >= 15 is 0 Å². The first kappa shape index (κ1) is 16.2. The summed E-state index contributed by atoms with van der Waals surface area (Å²) < 4.78 is 38.2. The lowest BCUT2D eigenvalue weighted by atomic mass is 10.1. The average molecular weight is 333 g/mol. The Morgan fingerprint density at radius 1 is 1.12 bits per heavy atom. The molecule has 1 aliphatic rings. The first-order valence-electron chi connectivity index (χ1n) is 7.57. The molecule has 1 heterocycles. The quantitative estimate of drug-likeness (QED) is 0.866. The van der Waals surface area contributed by atoms with Crippen LogP contribution in [0, 0.1) is 11.6 Å². The smallest absolute Gasteiger partial charge is 0.267 e. The molecule has 2 atom stereocenters. The van der Waals surface area contributed by atoms with Crippen LogP contribution in [-0.4, -0.2) is 30.1 Å². The van der Waals surface area contributed by atoms with E-state index in [1.165, 1.54) is 11.0 Å². The number of para-hydroxylation sites is 2. The van der Waals surface area contributed by atoms with Crippen LogP contribution in [0.4, 0.5) is 8.78 Å². The SMILES string of the molecule is CC1Oc2ccccc2OC1C(=O)N(C)Cc1ccc(F)cc1F. The molecule has 0 radical (unpaired) electrons. The highest BCUT2D eigenvalue weighted by Gasteiger charge is 2.35.